The summed E-state index contributed by atoms with van der Waals surface area (Å²) >= 11 is 0. The summed E-state index contributed by atoms with van der Waals surface area (Å²) < 4.78 is 10.8. The fourth-order valence-electron chi connectivity index (χ4n) is 3.89. The van der Waals surface area contributed by atoms with E-state index in [1.165, 1.54) is 21.6 Å². The van der Waals surface area contributed by atoms with Gasteiger partial charge < -0.3 is 31.6 Å². The molecule has 16 heteroatoms. The van der Waals surface area contributed by atoms with Gasteiger partial charge in [0.25, 0.3) is 5.91 Å². The van der Waals surface area contributed by atoms with E-state index in [1.54, 1.807) is 57.4 Å². The number of pyridine rings is 1. The zero-order valence-corrected chi connectivity index (χ0v) is 27.2. The highest BCUT2D eigenvalue weighted by molar-refractivity contribution is 8.76. The number of fused-ring (bicyclic) bond motifs is 1. The van der Waals surface area contributed by atoms with E-state index in [-0.39, 0.29) is 31.2 Å². The summed E-state index contributed by atoms with van der Waals surface area (Å²) in [6.45, 7) is 5.71. The van der Waals surface area contributed by atoms with Gasteiger partial charge in [-0.2, -0.15) is 9.97 Å². The SMILES string of the molecule is CC(C)(C)OC(=O)[C@H](CCC(=O)OCCSSc1ccccn1)NC(=O)c1ccc(NCc2cnc3nc(N)nc(N)c3n2)cc1. The van der Waals surface area contributed by atoms with E-state index >= 15 is 0 Å². The van der Waals surface area contributed by atoms with Crippen molar-refractivity contribution in [1.82, 2.24) is 30.2 Å². The Labute approximate surface area is 273 Å². The van der Waals surface area contributed by atoms with Crippen molar-refractivity contribution in [3.8, 4) is 0 Å². The summed E-state index contributed by atoms with van der Waals surface area (Å²) in [5.41, 5.74) is 13.0. The lowest BCUT2D eigenvalue weighted by molar-refractivity contribution is -0.157. The second kappa shape index (κ2) is 16.0. The van der Waals surface area contributed by atoms with Gasteiger partial charge in [0.1, 0.15) is 23.3 Å². The highest BCUT2D eigenvalue weighted by Crippen LogP contribution is 2.28. The van der Waals surface area contributed by atoms with Crippen LogP contribution in [-0.2, 0) is 25.6 Å². The van der Waals surface area contributed by atoms with Crippen molar-refractivity contribution >= 4 is 68.1 Å². The summed E-state index contributed by atoms with van der Waals surface area (Å²) in [7, 11) is 3.01. The number of anilines is 3. The molecule has 6 N–H and O–H groups in total. The van der Waals surface area contributed by atoms with E-state index in [4.69, 9.17) is 20.9 Å². The minimum absolute atomic E-state index is 0.0178. The van der Waals surface area contributed by atoms with Gasteiger partial charge in [0, 0.05) is 29.6 Å². The van der Waals surface area contributed by atoms with E-state index in [0.29, 0.717) is 40.4 Å². The lowest BCUT2D eigenvalue weighted by Crippen LogP contribution is -2.44. The first kappa shape index (κ1) is 34.2. The van der Waals surface area contributed by atoms with Crippen molar-refractivity contribution in [2.45, 2.75) is 56.8 Å². The van der Waals surface area contributed by atoms with Crippen LogP contribution in [0.3, 0.4) is 0 Å². The predicted molar refractivity (Wildman–Crippen MR) is 178 cm³/mol. The van der Waals surface area contributed by atoms with Crippen LogP contribution in [0.4, 0.5) is 17.5 Å². The second-order valence-corrected chi connectivity index (χ2v) is 13.3. The molecular formula is C30H35N9O5S2. The number of carbonyl (C=O) groups excluding carboxylic acids is 3. The third-order valence-electron chi connectivity index (χ3n) is 5.97. The van der Waals surface area contributed by atoms with Crippen LogP contribution in [0.1, 0.15) is 49.7 Å². The minimum atomic E-state index is -1.05. The Kier molecular flexibility index (Phi) is 11.9. The molecule has 0 saturated carbocycles. The quantitative estimate of drug-likeness (QED) is 0.0857. The van der Waals surface area contributed by atoms with Crippen molar-refractivity contribution in [2.75, 3.05) is 29.1 Å². The molecule has 1 aromatic carbocycles. The molecule has 3 aromatic heterocycles. The Morgan fingerprint density at radius 2 is 1.78 bits per heavy atom. The number of esters is 2. The van der Waals surface area contributed by atoms with Gasteiger partial charge in [-0.15, -0.1) is 0 Å². The number of aromatic nitrogens is 5. The molecule has 0 unspecified atom stereocenters. The van der Waals surface area contributed by atoms with E-state index in [9.17, 15) is 14.4 Å². The second-order valence-electron chi connectivity index (χ2n) is 10.8. The molecule has 4 aromatic rings. The number of rotatable bonds is 14. The molecule has 242 valence electrons. The van der Waals surface area contributed by atoms with Crippen molar-refractivity contribution < 1.29 is 23.9 Å². The van der Waals surface area contributed by atoms with E-state index < -0.39 is 29.5 Å². The lowest BCUT2D eigenvalue weighted by atomic mass is 10.1. The summed E-state index contributed by atoms with van der Waals surface area (Å²) in [5.74, 6) is -0.879. The topological polar surface area (TPSA) is 210 Å². The number of hydrogen-bond acceptors (Lipinski definition) is 15. The lowest BCUT2D eigenvalue weighted by Gasteiger charge is -2.24. The van der Waals surface area contributed by atoms with Crippen LogP contribution in [0.5, 0.6) is 0 Å². The molecule has 14 nitrogen and oxygen atoms in total. The van der Waals surface area contributed by atoms with Crippen LogP contribution >= 0.6 is 21.6 Å². The maximum absolute atomic E-state index is 13.1. The fraction of sp³-hybridized carbons (Fsp3) is 0.333. The van der Waals surface area contributed by atoms with Crippen LogP contribution in [0.2, 0.25) is 0 Å². The number of amides is 1. The van der Waals surface area contributed by atoms with Gasteiger partial charge in [-0.3, -0.25) is 9.59 Å². The van der Waals surface area contributed by atoms with Crippen molar-refractivity contribution in [2.24, 2.45) is 0 Å². The maximum atomic E-state index is 13.1. The first-order valence-electron chi connectivity index (χ1n) is 14.3. The number of hydrogen-bond donors (Lipinski definition) is 4. The number of nitrogens with two attached hydrogens (primary N) is 2. The van der Waals surface area contributed by atoms with Crippen LogP contribution in [0, 0.1) is 0 Å². The Morgan fingerprint density at radius 1 is 1.00 bits per heavy atom. The van der Waals surface area contributed by atoms with E-state index in [2.05, 4.69) is 35.6 Å². The largest absolute Gasteiger partial charge is 0.465 e. The zero-order chi connectivity index (χ0) is 33.1. The van der Waals surface area contributed by atoms with Crippen molar-refractivity contribution in [3.63, 3.8) is 0 Å². The predicted octanol–water partition coefficient (Wildman–Crippen LogP) is 3.80. The normalized spacial score (nSPS) is 11.9. The summed E-state index contributed by atoms with van der Waals surface area (Å²) in [4.78, 5) is 59.2. The Bertz CT molecular complexity index is 1650. The first-order valence-corrected chi connectivity index (χ1v) is 16.6. The molecule has 0 aliphatic rings. The van der Waals surface area contributed by atoms with Gasteiger partial charge in [-0.05, 0) is 74.4 Å². The number of ether oxygens (including phenoxy) is 2. The molecule has 0 radical (unpaired) electrons. The third-order valence-corrected chi connectivity index (χ3v) is 8.20. The average molecular weight is 666 g/mol. The van der Waals surface area contributed by atoms with Gasteiger partial charge in [-0.25, -0.2) is 19.7 Å². The van der Waals surface area contributed by atoms with Gasteiger partial charge >= 0.3 is 11.9 Å². The number of nitrogen functional groups attached to an aromatic ring is 2. The monoisotopic (exact) mass is 665 g/mol. The van der Waals surface area contributed by atoms with Crippen molar-refractivity contribution in [3.05, 3.63) is 66.1 Å². The molecule has 0 aliphatic carbocycles. The summed E-state index contributed by atoms with van der Waals surface area (Å²) in [5, 5.41) is 6.77. The molecule has 46 heavy (non-hydrogen) atoms. The number of nitrogens with one attached hydrogen (secondary N) is 2. The molecule has 1 atom stereocenters. The smallest absolute Gasteiger partial charge is 0.329 e. The molecule has 0 aliphatic heterocycles. The van der Waals surface area contributed by atoms with Crippen LogP contribution in [0.25, 0.3) is 11.2 Å². The molecule has 0 saturated heterocycles. The maximum Gasteiger partial charge on any atom is 0.329 e. The Morgan fingerprint density at radius 3 is 2.50 bits per heavy atom. The molecule has 0 fully saturated rings. The Balaban J connectivity index is 1.28. The summed E-state index contributed by atoms with van der Waals surface area (Å²) in [6.07, 6.45) is 3.21. The van der Waals surface area contributed by atoms with Gasteiger partial charge in [-0.1, -0.05) is 16.9 Å². The Hall–Kier alpha value is -4.70. The fourth-order valence-corrected chi connectivity index (χ4v) is 5.59. The molecular weight excluding hydrogens is 631 g/mol. The number of carbonyl (C=O) groups is 3. The first-order chi connectivity index (χ1) is 22.0. The molecule has 4 rings (SSSR count). The molecule has 3 heterocycles. The number of nitrogens with zero attached hydrogens (tertiary/aromatic N) is 5. The minimum Gasteiger partial charge on any atom is -0.465 e. The highest BCUT2D eigenvalue weighted by Gasteiger charge is 2.28. The van der Waals surface area contributed by atoms with E-state index in [1.807, 2.05) is 18.2 Å². The molecule has 0 bridgehead atoms. The third kappa shape index (κ3) is 10.7. The zero-order valence-electron chi connectivity index (χ0n) is 25.6. The standard InChI is InChI=1S/C30H35N9O5S2/c1-30(2,3)44-28(42)21(11-12-23(40)43-14-15-45-46-22-6-4-5-13-33-22)37-27(41)18-7-9-19(10-8-18)34-16-20-17-35-26-24(36-20)25(31)38-29(32)39-26/h4-10,13,17,21,34H,11-12,14-16H2,1-3H3,(H,37,41)(H4,31,32,35,38,39)/t21-/m0/s1. The van der Waals surface area contributed by atoms with Crippen molar-refractivity contribution in [1.29, 1.82) is 0 Å². The van der Waals surface area contributed by atoms with Crippen LogP contribution in [0.15, 0.2) is 59.9 Å². The highest BCUT2D eigenvalue weighted by atomic mass is 33.1. The van der Waals surface area contributed by atoms with Gasteiger partial charge in [0.05, 0.1) is 18.4 Å². The van der Waals surface area contributed by atoms with Gasteiger partial charge in [0.2, 0.25) is 5.95 Å². The van der Waals surface area contributed by atoms with E-state index in [0.717, 1.165) is 5.03 Å². The molecule has 1 amide bonds. The average Bonchev–Trinajstić information content (AvgIpc) is 3.01. The number of benzene rings is 1. The summed E-state index contributed by atoms with van der Waals surface area (Å²) in [6, 6.07) is 11.2. The van der Waals surface area contributed by atoms with Crippen LogP contribution < -0.4 is 22.1 Å². The van der Waals surface area contributed by atoms with Gasteiger partial charge in [0.15, 0.2) is 17.0 Å². The molecule has 0 spiro atoms. The van der Waals surface area contributed by atoms with Crippen LogP contribution in [-0.4, -0.2) is 66.8 Å².